The maximum atomic E-state index is 12.1. The largest absolute Gasteiger partial charge is 0.356 e. The standard InChI is InChI=1S/C14H18ClN3O/c15-11-3-6-13(16-8-11)18-7-1-2-10(9-18)14(19)17-12-4-5-12/h3,6,8,10,12H,1-2,4-5,7,9H2,(H,17,19). The van der Waals surface area contributed by atoms with E-state index in [0.29, 0.717) is 11.1 Å². The molecule has 1 aliphatic carbocycles. The molecule has 1 aliphatic heterocycles. The third kappa shape index (κ3) is 3.18. The van der Waals surface area contributed by atoms with Gasteiger partial charge in [-0.25, -0.2) is 4.98 Å². The lowest BCUT2D eigenvalue weighted by molar-refractivity contribution is -0.125. The highest BCUT2D eigenvalue weighted by Gasteiger charge is 2.30. The summed E-state index contributed by atoms with van der Waals surface area (Å²) < 4.78 is 0. The normalized spacial score (nSPS) is 23.2. The van der Waals surface area contributed by atoms with Gasteiger partial charge in [0, 0.05) is 25.3 Å². The van der Waals surface area contributed by atoms with E-state index in [1.54, 1.807) is 6.20 Å². The molecule has 0 spiro atoms. The number of piperidine rings is 1. The van der Waals surface area contributed by atoms with Gasteiger partial charge in [-0.05, 0) is 37.8 Å². The molecule has 1 saturated heterocycles. The maximum Gasteiger partial charge on any atom is 0.225 e. The van der Waals surface area contributed by atoms with Gasteiger partial charge in [0.2, 0.25) is 5.91 Å². The summed E-state index contributed by atoms with van der Waals surface area (Å²) in [7, 11) is 0. The van der Waals surface area contributed by atoms with Crippen LogP contribution in [0.15, 0.2) is 18.3 Å². The highest BCUT2D eigenvalue weighted by Crippen LogP contribution is 2.24. The van der Waals surface area contributed by atoms with Gasteiger partial charge in [-0.1, -0.05) is 11.6 Å². The maximum absolute atomic E-state index is 12.1. The third-order valence-electron chi connectivity index (χ3n) is 3.75. The molecular formula is C14H18ClN3O. The van der Waals surface area contributed by atoms with Crippen molar-refractivity contribution in [2.75, 3.05) is 18.0 Å². The number of rotatable bonds is 3. The van der Waals surface area contributed by atoms with Crippen molar-refractivity contribution in [3.63, 3.8) is 0 Å². The van der Waals surface area contributed by atoms with Crippen LogP contribution in [0.25, 0.3) is 0 Å². The van der Waals surface area contributed by atoms with E-state index in [9.17, 15) is 4.79 Å². The fourth-order valence-corrected chi connectivity index (χ4v) is 2.61. The van der Waals surface area contributed by atoms with E-state index in [1.165, 1.54) is 0 Å². The summed E-state index contributed by atoms with van der Waals surface area (Å²) in [4.78, 5) is 18.6. The lowest BCUT2D eigenvalue weighted by atomic mass is 9.97. The van der Waals surface area contributed by atoms with Crippen LogP contribution < -0.4 is 10.2 Å². The Bertz CT molecular complexity index is 458. The first-order chi connectivity index (χ1) is 9.22. The van der Waals surface area contributed by atoms with Gasteiger partial charge in [-0.2, -0.15) is 0 Å². The fourth-order valence-electron chi connectivity index (χ4n) is 2.50. The van der Waals surface area contributed by atoms with Crippen LogP contribution in [0.1, 0.15) is 25.7 Å². The Morgan fingerprint density at radius 1 is 1.37 bits per heavy atom. The second kappa shape index (κ2) is 5.37. The number of amides is 1. The minimum atomic E-state index is 0.0897. The number of anilines is 1. The lowest BCUT2D eigenvalue weighted by Crippen LogP contribution is -2.43. The molecule has 3 rings (SSSR count). The molecule has 0 aromatic carbocycles. The molecule has 1 N–H and O–H groups in total. The summed E-state index contributed by atoms with van der Waals surface area (Å²) in [6.07, 6.45) is 5.95. The molecule has 1 unspecified atom stereocenters. The van der Waals surface area contributed by atoms with Crippen molar-refractivity contribution in [2.45, 2.75) is 31.7 Å². The van der Waals surface area contributed by atoms with Gasteiger partial charge >= 0.3 is 0 Å². The van der Waals surface area contributed by atoms with Crippen molar-refractivity contribution in [3.05, 3.63) is 23.4 Å². The van der Waals surface area contributed by atoms with Crippen LogP contribution in [0.5, 0.6) is 0 Å². The van der Waals surface area contributed by atoms with Crippen LogP contribution in [0.2, 0.25) is 5.02 Å². The number of nitrogens with zero attached hydrogens (tertiary/aromatic N) is 2. The molecule has 2 fully saturated rings. The summed E-state index contributed by atoms with van der Waals surface area (Å²) in [6, 6.07) is 4.21. The zero-order chi connectivity index (χ0) is 13.2. The molecule has 0 bridgehead atoms. The Hall–Kier alpha value is -1.29. The first-order valence-electron chi connectivity index (χ1n) is 6.89. The molecule has 1 aromatic heterocycles. The zero-order valence-electron chi connectivity index (χ0n) is 10.8. The quantitative estimate of drug-likeness (QED) is 0.923. The molecule has 1 amide bonds. The Morgan fingerprint density at radius 3 is 2.89 bits per heavy atom. The van der Waals surface area contributed by atoms with Crippen molar-refractivity contribution in [1.29, 1.82) is 0 Å². The van der Waals surface area contributed by atoms with Crippen LogP contribution in [-0.4, -0.2) is 30.0 Å². The van der Waals surface area contributed by atoms with E-state index in [0.717, 1.165) is 44.6 Å². The first kappa shape index (κ1) is 12.7. The van der Waals surface area contributed by atoms with Crippen molar-refractivity contribution in [3.8, 4) is 0 Å². The van der Waals surface area contributed by atoms with Gasteiger partial charge in [0.25, 0.3) is 0 Å². The van der Waals surface area contributed by atoms with Gasteiger partial charge in [-0.15, -0.1) is 0 Å². The van der Waals surface area contributed by atoms with Crippen molar-refractivity contribution >= 4 is 23.3 Å². The average molecular weight is 280 g/mol. The molecule has 1 atom stereocenters. The van der Waals surface area contributed by atoms with E-state index in [-0.39, 0.29) is 11.8 Å². The van der Waals surface area contributed by atoms with E-state index in [4.69, 9.17) is 11.6 Å². The van der Waals surface area contributed by atoms with E-state index in [2.05, 4.69) is 15.2 Å². The minimum Gasteiger partial charge on any atom is -0.356 e. The Labute approximate surface area is 118 Å². The number of hydrogen-bond acceptors (Lipinski definition) is 3. The SMILES string of the molecule is O=C(NC1CC1)C1CCCN(c2ccc(Cl)cn2)C1. The zero-order valence-corrected chi connectivity index (χ0v) is 11.6. The molecule has 2 heterocycles. The predicted molar refractivity (Wildman–Crippen MR) is 75.3 cm³/mol. The van der Waals surface area contributed by atoms with Crippen LogP contribution >= 0.6 is 11.6 Å². The molecule has 4 nitrogen and oxygen atoms in total. The van der Waals surface area contributed by atoms with Crippen molar-refractivity contribution in [2.24, 2.45) is 5.92 Å². The Morgan fingerprint density at radius 2 is 2.21 bits per heavy atom. The Balaban J connectivity index is 1.63. The minimum absolute atomic E-state index is 0.0897. The topological polar surface area (TPSA) is 45.2 Å². The highest BCUT2D eigenvalue weighted by molar-refractivity contribution is 6.30. The van der Waals surface area contributed by atoms with Crippen molar-refractivity contribution < 1.29 is 4.79 Å². The Kier molecular flexibility index (Phi) is 3.60. The summed E-state index contributed by atoms with van der Waals surface area (Å²) >= 11 is 5.85. The summed E-state index contributed by atoms with van der Waals surface area (Å²) in [5.74, 6) is 1.21. The van der Waals surface area contributed by atoms with Crippen LogP contribution in [0.3, 0.4) is 0 Å². The molecule has 1 saturated carbocycles. The van der Waals surface area contributed by atoms with Gasteiger partial charge < -0.3 is 10.2 Å². The smallest absolute Gasteiger partial charge is 0.225 e. The second-order valence-electron chi connectivity index (χ2n) is 5.40. The second-order valence-corrected chi connectivity index (χ2v) is 5.84. The molecular weight excluding hydrogens is 262 g/mol. The van der Waals surface area contributed by atoms with Crippen LogP contribution in [0, 0.1) is 5.92 Å². The van der Waals surface area contributed by atoms with Gasteiger partial charge in [-0.3, -0.25) is 4.79 Å². The number of hydrogen-bond donors (Lipinski definition) is 1. The number of carbonyl (C=O) groups is 1. The van der Waals surface area contributed by atoms with E-state index < -0.39 is 0 Å². The summed E-state index contributed by atoms with van der Waals surface area (Å²) in [5.41, 5.74) is 0. The predicted octanol–water partition coefficient (Wildman–Crippen LogP) is 2.23. The number of aromatic nitrogens is 1. The third-order valence-corrected chi connectivity index (χ3v) is 3.98. The number of carbonyl (C=O) groups excluding carboxylic acids is 1. The van der Waals surface area contributed by atoms with Gasteiger partial charge in [0.15, 0.2) is 0 Å². The van der Waals surface area contributed by atoms with Crippen LogP contribution in [-0.2, 0) is 4.79 Å². The summed E-state index contributed by atoms with van der Waals surface area (Å²) in [5, 5.41) is 3.74. The van der Waals surface area contributed by atoms with Gasteiger partial charge in [0.1, 0.15) is 5.82 Å². The monoisotopic (exact) mass is 279 g/mol. The van der Waals surface area contributed by atoms with E-state index >= 15 is 0 Å². The first-order valence-corrected chi connectivity index (χ1v) is 7.27. The lowest BCUT2D eigenvalue weighted by Gasteiger charge is -2.32. The number of nitrogens with one attached hydrogen (secondary N) is 1. The highest BCUT2D eigenvalue weighted by atomic mass is 35.5. The molecule has 0 radical (unpaired) electrons. The molecule has 19 heavy (non-hydrogen) atoms. The number of pyridine rings is 1. The summed E-state index contributed by atoms with van der Waals surface area (Å²) in [6.45, 7) is 1.72. The van der Waals surface area contributed by atoms with Crippen molar-refractivity contribution in [1.82, 2.24) is 10.3 Å². The molecule has 5 heteroatoms. The molecule has 2 aliphatic rings. The fraction of sp³-hybridized carbons (Fsp3) is 0.571. The van der Waals surface area contributed by atoms with Crippen LogP contribution in [0.4, 0.5) is 5.82 Å². The average Bonchev–Trinajstić information content (AvgIpc) is 3.24. The number of halogens is 1. The molecule has 102 valence electrons. The van der Waals surface area contributed by atoms with Gasteiger partial charge in [0.05, 0.1) is 10.9 Å². The molecule has 1 aromatic rings. The van der Waals surface area contributed by atoms with E-state index in [1.807, 2.05) is 12.1 Å².